The zero-order valence-corrected chi connectivity index (χ0v) is 12.2. The molecule has 3 nitrogen and oxygen atoms in total. The van der Waals surface area contributed by atoms with E-state index in [9.17, 15) is 0 Å². The Morgan fingerprint density at radius 1 is 1.26 bits per heavy atom. The van der Waals surface area contributed by atoms with Gasteiger partial charge in [-0.05, 0) is 35.6 Å². The molecule has 1 aromatic carbocycles. The van der Waals surface area contributed by atoms with Crippen molar-refractivity contribution < 1.29 is 0 Å². The first kappa shape index (κ1) is 13.8. The minimum absolute atomic E-state index is 0.185. The molecule has 0 N–H and O–H groups in total. The summed E-state index contributed by atoms with van der Waals surface area (Å²) in [5, 5.41) is 4.97. The molecule has 1 aromatic heterocycles. The fourth-order valence-corrected chi connectivity index (χ4v) is 1.98. The van der Waals surface area contributed by atoms with Gasteiger partial charge in [-0.3, -0.25) is 0 Å². The van der Waals surface area contributed by atoms with Crippen LogP contribution in [0.2, 0.25) is 5.02 Å². The highest BCUT2D eigenvalue weighted by molar-refractivity contribution is 6.30. The Morgan fingerprint density at radius 3 is 2.47 bits per heavy atom. The van der Waals surface area contributed by atoms with Crippen molar-refractivity contribution in [3.8, 4) is 0 Å². The largest absolute Gasteiger partial charge is 0.225 e. The maximum absolute atomic E-state index is 5.91. The smallest absolute Gasteiger partial charge is 0.138 e. The summed E-state index contributed by atoms with van der Waals surface area (Å²) in [5.41, 5.74) is 2.41. The second-order valence-corrected chi connectivity index (χ2v) is 6.20. The van der Waals surface area contributed by atoms with E-state index in [4.69, 9.17) is 11.6 Å². The van der Waals surface area contributed by atoms with E-state index in [-0.39, 0.29) is 5.41 Å². The molecule has 0 unspecified atom stereocenters. The number of rotatable bonds is 3. The Hall–Kier alpha value is -1.61. The van der Waals surface area contributed by atoms with Gasteiger partial charge in [0.1, 0.15) is 12.7 Å². The number of nitrogens with zero attached hydrogens (tertiary/aromatic N) is 3. The monoisotopic (exact) mass is 275 g/mol. The number of allylic oxidation sites excluding steroid dienone is 1. The Morgan fingerprint density at radius 2 is 1.95 bits per heavy atom. The zero-order valence-electron chi connectivity index (χ0n) is 11.5. The first-order valence-electron chi connectivity index (χ1n) is 6.25. The van der Waals surface area contributed by atoms with Crippen molar-refractivity contribution >= 4 is 23.4 Å². The third-order valence-electron chi connectivity index (χ3n) is 2.63. The number of hydrogen-bond acceptors (Lipinski definition) is 2. The molecule has 0 amide bonds. The van der Waals surface area contributed by atoms with Crippen molar-refractivity contribution in [2.75, 3.05) is 0 Å². The summed E-state index contributed by atoms with van der Waals surface area (Å²) in [6.07, 6.45) is 6.32. The standard InChI is InChI=1S/C15H18ClN3/c1-15(2,3)9-14(19-11-17-10-18-19)8-12-4-6-13(16)7-5-12/h4-8,10-11H,9H2,1-3H3. The zero-order chi connectivity index (χ0) is 13.9. The van der Waals surface area contributed by atoms with Crippen molar-refractivity contribution in [3.63, 3.8) is 0 Å². The summed E-state index contributed by atoms with van der Waals surface area (Å²) in [4.78, 5) is 4.02. The van der Waals surface area contributed by atoms with Crippen LogP contribution in [0.1, 0.15) is 32.8 Å². The number of benzene rings is 1. The van der Waals surface area contributed by atoms with Crippen LogP contribution in [0, 0.1) is 5.41 Å². The van der Waals surface area contributed by atoms with Crippen LogP contribution in [-0.4, -0.2) is 14.8 Å². The van der Waals surface area contributed by atoms with Crippen molar-refractivity contribution in [2.45, 2.75) is 27.2 Å². The normalized spacial score (nSPS) is 12.7. The van der Waals surface area contributed by atoms with E-state index in [0.29, 0.717) is 0 Å². The van der Waals surface area contributed by atoms with Gasteiger partial charge in [0.2, 0.25) is 0 Å². The van der Waals surface area contributed by atoms with Crippen molar-refractivity contribution in [3.05, 3.63) is 47.5 Å². The lowest BCUT2D eigenvalue weighted by Gasteiger charge is -2.20. The van der Waals surface area contributed by atoms with Gasteiger partial charge < -0.3 is 0 Å². The van der Waals surface area contributed by atoms with Gasteiger partial charge in [-0.1, -0.05) is 44.5 Å². The molecule has 2 aromatic rings. The van der Waals surface area contributed by atoms with Gasteiger partial charge in [0.15, 0.2) is 0 Å². The van der Waals surface area contributed by atoms with E-state index in [1.54, 1.807) is 12.7 Å². The van der Waals surface area contributed by atoms with Crippen LogP contribution in [0.5, 0.6) is 0 Å². The van der Waals surface area contributed by atoms with Gasteiger partial charge >= 0.3 is 0 Å². The molecule has 0 fully saturated rings. The summed E-state index contributed by atoms with van der Waals surface area (Å²) in [6.45, 7) is 6.62. The predicted octanol–water partition coefficient (Wildman–Crippen LogP) is 4.37. The SMILES string of the molecule is CC(C)(C)CC(=Cc1ccc(Cl)cc1)n1cncn1. The summed E-state index contributed by atoms with van der Waals surface area (Å²) < 4.78 is 1.82. The highest BCUT2D eigenvalue weighted by Crippen LogP contribution is 2.27. The molecular weight excluding hydrogens is 258 g/mol. The Labute approximate surface area is 118 Å². The molecule has 0 aliphatic rings. The van der Waals surface area contributed by atoms with Crippen LogP contribution in [-0.2, 0) is 0 Å². The molecule has 0 saturated carbocycles. The minimum Gasteiger partial charge on any atom is -0.225 e. The average Bonchev–Trinajstić information content (AvgIpc) is 2.83. The highest BCUT2D eigenvalue weighted by atomic mass is 35.5. The first-order valence-corrected chi connectivity index (χ1v) is 6.63. The van der Waals surface area contributed by atoms with Crippen LogP contribution in [0.3, 0.4) is 0 Å². The Balaban J connectivity index is 2.34. The van der Waals surface area contributed by atoms with Crippen LogP contribution in [0.15, 0.2) is 36.9 Å². The van der Waals surface area contributed by atoms with Crippen LogP contribution in [0.4, 0.5) is 0 Å². The lowest BCUT2D eigenvalue weighted by molar-refractivity contribution is 0.419. The van der Waals surface area contributed by atoms with Gasteiger partial charge in [-0.2, -0.15) is 5.10 Å². The van der Waals surface area contributed by atoms with E-state index in [2.05, 4.69) is 36.9 Å². The molecule has 0 saturated heterocycles. The van der Waals surface area contributed by atoms with Gasteiger partial charge in [0.05, 0.1) is 0 Å². The highest BCUT2D eigenvalue weighted by Gasteiger charge is 2.15. The van der Waals surface area contributed by atoms with Gasteiger partial charge in [0, 0.05) is 10.7 Å². The number of halogens is 1. The fourth-order valence-electron chi connectivity index (χ4n) is 1.85. The Bertz CT molecular complexity index is 548. The lowest BCUT2D eigenvalue weighted by Crippen LogP contribution is -2.10. The molecule has 100 valence electrons. The lowest BCUT2D eigenvalue weighted by atomic mass is 9.90. The van der Waals surface area contributed by atoms with E-state index in [1.165, 1.54) is 0 Å². The van der Waals surface area contributed by atoms with E-state index >= 15 is 0 Å². The van der Waals surface area contributed by atoms with E-state index < -0.39 is 0 Å². The van der Waals surface area contributed by atoms with E-state index in [0.717, 1.165) is 22.7 Å². The topological polar surface area (TPSA) is 30.7 Å². The molecule has 1 heterocycles. The third-order valence-corrected chi connectivity index (χ3v) is 2.88. The number of aromatic nitrogens is 3. The molecule has 2 rings (SSSR count). The predicted molar refractivity (Wildman–Crippen MR) is 79.7 cm³/mol. The minimum atomic E-state index is 0.185. The summed E-state index contributed by atoms with van der Waals surface area (Å²) in [5.74, 6) is 0. The van der Waals surface area contributed by atoms with Crippen molar-refractivity contribution in [1.82, 2.24) is 14.8 Å². The molecule has 19 heavy (non-hydrogen) atoms. The average molecular weight is 276 g/mol. The number of hydrogen-bond donors (Lipinski definition) is 0. The quantitative estimate of drug-likeness (QED) is 0.833. The summed E-state index contributed by atoms with van der Waals surface area (Å²) in [6, 6.07) is 7.79. The molecule has 4 heteroatoms. The molecule has 0 aliphatic carbocycles. The van der Waals surface area contributed by atoms with Gasteiger partial charge in [0.25, 0.3) is 0 Å². The summed E-state index contributed by atoms with van der Waals surface area (Å²) >= 11 is 5.91. The third kappa shape index (κ3) is 4.21. The van der Waals surface area contributed by atoms with Crippen LogP contribution < -0.4 is 0 Å². The van der Waals surface area contributed by atoms with E-state index in [1.807, 2.05) is 28.9 Å². The molecule has 0 atom stereocenters. The van der Waals surface area contributed by atoms with Gasteiger partial charge in [-0.15, -0.1) is 0 Å². The molecule has 0 radical (unpaired) electrons. The molecule has 0 spiro atoms. The van der Waals surface area contributed by atoms with Crippen molar-refractivity contribution in [2.24, 2.45) is 5.41 Å². The second-order valence-electron chi connectivity index (χ2n) is 5.76. The maximum atomic E-state index is 5.91. The maximum Gasteiger partial charge on any atom is 0.138 e. The van der Waals surface area contributed by atoms with Crippen LogP contribution >= 0.6 is 11.6 Å². The second kappa shape index (κ2) is 5.57. The Kier molecular flexibility index (Phi) is 4.05. The molecule has 0 bridgehead atoms. The van der Waals surface area contributed by atoms with Crippen molar-refractivity contribution in [1.29, 1.82) is 0 Å². The summed E-state index contributed by atoms with van der Waals surface area (Å²) in [7, 11) is 0. The van der Waals surface area contributed by atoms with Gasteiger partial charge in [-0.25, -0.2) is 9.67 Å². The molecular formula is C15H18ClN3. The fraction of sp³-hybridized carbons (Fsp3) is 0.333. The molecule has 0 aliphatic heterocycles. The van der Waals surface area contributed by atoms with Crippen LogP contribution in [0.25, 0.3) is 11.8 Å². The first-order chi connectivity index (χ1) is 8.94.